The SMILES string of the molecule is CC(=O)Nc1cccc(C(C)NCc2ccc(C#N)o2)c1. The first-order valence-electron chi connectivity index (χ1n) is 6.68. The minimum atomic E-state index is -0.0904. The van der Waals surface area contributed by atoms with E-state index < -0.39 is 0 Å². The van der Waals surface area contributed by atoms with Gasteiger partial charge in [0.25, 0.3) is 0 Å². The van der Waals surface area contributed by atoms with Crippen LogP contribution in [0.1, 0.15) is 37.0 Å². The second kappa shape index (κ2) is 6.73. The predicted octanol–water partition coefficient (Wildman–Crippen LogP) is 2.96. The van der Waals surface area contributed by atoms with Crippen molar-refractivity contribution in [2.45, 2.75) is 26.4 Å². The van der Waals surface area contributed by atoms with Crippen LogP contribution in [0.15, 0.2) is 40.8 Å². The molecule has 0 saturated carbocycles. The van der Waals surface area contributed by atoms with Gasteiger partial charge in [-0.2, -0.15) is 5.26 Å². The van der Waals surface area contributed by atoms with E-state index in [1.165, 1.54) is 6.92 Å². The fourth-order valence-electron chi connectivity index (χ4n) is 1.99. The molecule has 2 N–H and O–H groups in total. The minimum absolute atomic E-state index is 0.0904. The zero-order valence-corrected chi connectivity index (χ0v) is 12.0. The third kappa shape index (κ3) is 4.20. The van der Waals surface area contributed by atoms with Gasteiger partial charge in [-0.3, -0.25) is 4.79 Å². The monoisotopic (exact) mass is 283 g/mol. The van der Waals surface area contributed by atoms with Gasteiger partial charge in [0.15, 0.2) is 0 Å². The highest BCUT2D eigenvalue weighted by atomic mass is 16.3. The highest BCUT2D eigenvalue weighted by Crippen LogP contribution is 2.18. The van der Waals surface area contributed by atoms with Crippen LogP contribution < -0.4 is 10.6 Å². The molecule has 1 aromatic heterocycles. The summed E-state index contributed by atoms with van der Waals surface area (Å²) in [6.07, 6.45) is 0. The van der Waals surface area contributed by atoms with Crippen LogP contribution in [0, 0.1) is 11.3 Å². The summed E-state index contributed by atoms with van der Waals surface area (Å²) >= 11 is 0. The summed E-state index contributed by atoms with van der Waals surface area (Å²) in [7, 11) is 0. The van der Waals surface area contributed by atoms with Gasteiger partial charge in [0, 0.05) is 18.7 Å². The maximum absolute atomic E-state index is 11.1. The normalized spacial score (nSPS) is 11.7. The molecule has 0 saturated heterocycles. The first kappa shape index (κ1) is 14.8. The van der Waals surface area contributed by atoms with E-state index >= 15 is 0 Å². The summed E-state index contributed by atoms with van der Waals surface area (Å²) in [6, 6.07) is 13.2. The molecule has 108 valence electrons. The van der Waals surface area contributed by atoms with Crippen molar-refractivity contribution in [3.05, 3.63) is 53.5 Å². The van der Waals surface area contributed by atoms with E-state index in [2.05, 4.69) is 10.6 Å². The molecule has 1 amide bonds. The van der Waals surface area contributed by atoms with Crippen LogP contribution in [-0.2, 0) is 11.3 Å². The molecule has 2 rings (SSSR count). The van der Waals surface area contributed by atoms with Gasteiger partial charge in [0.1, 0.15) is 11.8 Å². The zero-order chi connectivity index (χ0) is 15.2. The Kier molecular flexibility index (Phi) is 4.75. The lowest BCUT2D eigenvalue weighted by molar-refractivity contribution is -0.114. The van der Waals surface area contributed by atoms with E-state index in [0.29, 0.717) is 12.3 Å². The Hall–Kier alpha value is -2.58. The van der Waals surface area contributed by atoms with Crippen LogP contribution in [0.2, 0.25) is 0 Å². The molecule has 21 heavy (non-hydrogen) atoms. The molecular formula is C16H17N3O2. The lowest BCUT2D eigenvalue weighted by Gasteiger charge is -2.14. The maximum atomic E-state index is 11.1. The fourth-order valence-corrected chi connectivity index (χ4v) is 1.99. The van der Waals surface area contributed by atoms with Crippen LogP contribution in [-0.4, -0.2) is 5.91 Å². The summed E-state index contributed by atoms with van der Waals surface area (Å²) in [5, 5.41) is 14.8. The summed E-state index contributed by atoms with van der Waals surface area (Å²) in [5.74, 6) is 0.941. The van der Waals surface area contributed by atoms with Crippen molar-refractivity contribution in [2.75, 3.05) is 5.32 Å². The van der Waals surface area contributed by atoms with Crippen molar-refractivity contribution < 1.29 is 9.21 Å². The standard InChI is InChI=1S/C16H17N3O2/c1-11(18-10-16-7-6-15(9-17)21-16)13-4-3-5-14(8-13)19-12(2)20/h3-8,11,18H,10H2,1-2H3,(H,19,20). The molecule has 0 fully saturated rings. The van der Waals surface area contributed by atoms with E-state index in [1.807, 2.05) is 37.3 Å². The second-order valence-electron chi connectivity index (χ2n) is 4.79. The van der Waals surface area contributed by atoms with Crippen LogP contribution >= 0.6 is 0 Å². The number of benzene rings is 1. The lowest BCUT2D eigenvalue weighted by atomic mass is 10.1. The predicted molar refractivity (Wildman–Crippen MR) is 79.4 cm³/mol. The van der Waals surface area contributed by atoms with Crippen LogP contribution in [0.25, 0.3) is 0 Å². The number of hydrogen-bond acceptors (Lipinski definition) is 4. The van der Waals surface area contributed by atoms with E-state index in [-0.39, 0.29) is 11.9 Å². The van der Waals surface area contributed by atoms with Crippen molar-refractivity contribution in [2.24, 2.45) is 0 Å². The van der Waals surface area contributed by atoms with Crippen molar-refractivity contribution in [1.29, 1.82) is 5.26 Å². The molecule has 1 atom stereocenters. The maximum Gasteiger partial charge on any atom is 0.221 e. The van der Waals surface area contributed by atoms with E-state index in [0.717, 1.165) is 17.0 Å². The molecule has 0 radical (unpaired) electrons. The van der Waals surface area contributed by atoms with E-state index in [1.54, 1.807) is 12.1 Å². The highest BCUT2D eigenvalue weighted by Gasteiger charge is 2.08. The molecule has 0 spiro atoms. The fraction of sp³-hybridized carbons (Fsp3) is 0.250. The van der Waals surface area contributed by atoms with Gasteiger partial charge in [0.05, 0.1) is 6.54 Å². The Morgan fingerprint density at radius 2 is 2.19 bits per heavy atom. The average molecular weight is 283 g/mol. The number of carbonyl (C=O) groups is 1. The van der Waals surface area contributed by atoms with Crippen molar-refractivity contribution in [3.63, 3.8) is 0 Å². The molecule has 1 aromatic carbocycles. The number of carbonyl (C=O) groups excluding carboxylic acids is 1. The molecule has 5 heteroatoms. The first-order valence-corrected chi connectivity index (χ1v) is 6.68. The van der Waals surface area contributed by atoms with E-state index in [9.17, 15) is 4.79 Å². The van der Waals surface area contributed by atoms with Crippen molar-refractivity contribution >= 4 is 11.6 Å². The number of nitrogens with one attached hydrogen (secondary N) is 2. The van der Waals surface area contributed by atoms with Crippen molar-refractivity contribution in [3.8, 4) is 6.07 Å². The Labute approximate surface area is 123 Å². The number of amides is 1. The second-order valence-corrected chi connectivity index (χ2v) is 4.79. The first-order chi connectivity index (χ1) is 10.1. The number of nitrogens with zero attached hydrogens (tertiary/aromatic N) is 1. The molecular weight excluding hydrogens is 266 g/mol. The Morgan fingerprint density at radius 1 is 1.38 bits per heavy atom. The quantitative estimate of drug-likeness (QED) is 0.884. The van der Waals surface area contributed by atoms with Gasteiger partial charge < -0.3 is 15.1 Å². The molecule has 2 aromatic rings. The van der Waals surface area contributed by atoms with Gasteiger partial charge in [0.2, 0.25) is 11.7 Å². The molecule has 0 aliphatic heterocycles. The van der Waals surface area contributed by atoms with Crippen molar-refractivity contribution in [1.82, 2.24) is 5.32 Å². The molecule has 5 nitrogen and oxygen atoms in total. The van der Waals surface area contributed by atoms with Crippen LogP contribution in [0.3, 0.4) is 0 Å². The third-order valence-electron chi connectivity index (χ3n) is 3.06. The van der Waals surface area contributed by atoms with Gasteiger partial charge in [-0.25, -0.2) is 0 Å². The van der Waals surface area contributed by atoms with Crippen LogP contribution in [0.5, 0.6) is 0 Å². The van der Waals surface area contributed by atoms with Gasteiger partial charge >= 0.3 is 0 Å². The number of anilines is 1. The van der Waals surface area contributed by atoms with Gasteiger partial charge in [-0.1, -0.05) is 12.1 Å². The summed E-state index contributed by atoms with van der Waals surface area (Å²) in [5.41, 5.74) is 1.84. The topological polar surface area (TPSA) is 78.1 Å². The van der Waals surface area contributed by atoms with Crippen LogP contribution in [0.4, 0.5) is 5.69 Å². The number of furan rings is 1. The third-order valence-corrected chi connectivity index (χ3v) is 3.06. The minimum Gasteiger partial charge on any atom is -0.449 e. The largest absolute Gasteiger partial charge is 0.449 e. The molecule has 1 unspecified atom stereocenters. The molecule has 0 aliphatic rings. The molecule has 0 bridgehead atoms. The zero-order valence-electron chi connectivity index (χ0n) is 12.0. The lowest BCUT2D eigenvalue weighted by Crippen LogP contribution is -2.18. The Balaban J connectivity index is 1.98. The number of hydrogen-bond donors (Lipinski definition) is 2. The van der Waals surface area contributed by atoms with Gasteiger partial charge in [-0.05, 0) is 36.8 Å². The highest BCUT2D eigenvalue weighted by molar-refractivity contribution is 5.88. The smallest absolute Gasteiger partial charge is 0.221 e. The number of nitriles is 1. The molecule has 0 aliphatic carbocycles. The summed E-state index contributed by atoms with van der Waals surface area (Å²) < 4.78 is 5.31. The number of rotatable bonds is 5. The Bertz CT molecular complexity index is 670. The van der Waals surface area contributed by atoms with Gasteiger partial charge in [-0.15, -0.1) is 0 Å². The summed E-state index contributed by atoms with van der Waals surface area (Å²) in [4.78, 5) is 11.1. The summed E-state index contributed by atoms with van der Waals surface area (Å²) in [6.45, 7) is 4.05. The Morgan fingerprint density at radius 3 is 2.86 bits per heavy atom. The average Bonchev–Trinajstić information content (AvgIpc) is 2.92. The van der Waals surface area contributed by atoms with E-state index in [4.69, 9.17) is 9.68 Å². The molecule has 1 heterocycles.